The Balaban J connectivity index is 2.65. The normalized spacial score (nSPS) is 31.5. The van der Waals surface area contributed by atoms with Crippen molar-refractivity contribution in [2.45, 2.75) is 25.9 Å². The molecule has 1 saturated heterocycles. The van der Waals surface area contributed by atoms with E-state index in [4.69, 9.17) is 4.74 Å². The van der Waals surface area contributed by atoms with E-state index in [0.29, 0.717) is 0 Å². The summed E-state index contributed by atoms with van der Waals surface area (Å²) in [4.78, 5) is 10.9. The van der Waals surface area contributed by atoms with Crippen LogP contribution >= 0.6 is 0 Å². The number of ether oxygens (including phenoxy) is 1. The number of carbonyl (C=O) groups is 1. The molecule has 1 heterocycles. The minimum atomic E-state index is -3.48. The molecule has 13 heavy (non-hydrogen) atoms. The molecule has 1 unspecified atom stereocenters. The number of esters is 1. The highest BCUT2D eigenvalue weighted by Crippen LogP contribution is 2.23. The van der Waals surface area contributed by atoms with Gasteiger partial charge in [-0.3, -0.25) is 8.98 Å². The second-order valence-electron chi connectivity index (χ2n) is 3.24. The number of hydrogen-bond acceptors (Lipinski definition) is 5. The SMILES string of the molecule is CCC(=O)OC1(C)COS(=O)(=O)C1. The average Bonchev–Trinajstić information content (AvgIpc) is 2.25. The quantitative estimate of drug-likeness (QED) is 0.474. The van der Waals surface area contributed by atoms with Crippen molar-refractivity contribution in [1.29, 1.82) is 0 Å². The maximum atomic E-state index is 10.9. The highest BCUT2D eigenvalue weighted by molar-refractivity contribution is 7.87. The second kappa shape index (κ2) is 3.26. The minimum absolute atomic E-state index is 0.0823. The molecule has 0 saturated carbocycles. The summed E-state index contributed by atoms with van der Waals surface area (Å²) in [6.07, 6.45) is 0.232. The van der Waals surface area contributed by atoms with E-state index in [1.807, 2.05) is 0 Å². The minimum Gasteiger partial charge on any atom is -0.456 e. The fourth-order valence-electron chi connectivity index (χ4n) is 1.08. The first kappa shape index (κ1) is 10.5. The molecule has 0 aromatic heterocycles. The molecule has 1 rings (SSSR count). The molecule has 6 heteroatoms. The van der Waals surface area contributed by atoms with Crippen LogP contribution < -0.4 is 0 Å². The van der Waals surface area contributed by atoms with Crippen LogP contribution in [0.1, 0.15) is 20.3 Å². The molecule has 76 valence electrons. The molecule has 5 nitrogen and oxygen atoms in total. The van der Waals surface area contributed by atoms with E-state index in [9.17, 15) is 13.2 Å². The van der Waals surface area contributed by atoms with Gasteiger partial charge < -0.3 is 4.74 Å². The van der Waals surface area contributed by atoms with E-state index in [0.717, 1.165) is 0 Å². The first-order valence-corrected chi connectivity index (χ1v) is 5.53. The molecule has 1 fully saturated rings. The smallest absolute Gasteiger partial charge is 0.306 e. The van der Waals surface area contributed by atoms with Gasteiger partial charge >= 0.3 is 5.97 Å². The molecule has 1 aliphatic rings. The van der Waals surface area contributed by atoms with Crippen LogP contribution in [0.3, 0.4) is 0 Å². The van der Waals surface area contributed by atoms with Crippen LogP contribution in [0.2, 0.25) is 0 Å². The number of hydrogen-bond donors (Lipinski definition) is 0. The van der Waals surface area contributed by atoms with E-state index >= 15 is 0 Å². The number of rotatable bonds is 2. The van der Waals surface area contributed by atoms with E-state index in [1.54, 1.807) is 13.8 Å². The van der Waals surface area contributed by atoms with Crippen LogP contribution in [0.5, 0.6) is 0 Å². The summed E-state index contributed by atoms with van der Waals surface area (Å²) in [5.41, 5.74) is -1.01. The summed E-state index contributed by atoms with van der Waals surface area (Å²) in [6, 6.07) is 0. The van der Waals surface area contributed by atoms with Gasteiger partial charge in [0.15, 0.2) is 5.60 Å². The lowest BCUT2D eigenvalue weighted by Gasteiger charge is -2.20. The lowest BCUT2D eigenvalue weighted by atomic mass is 10.1. The standard InChI is InChI=1S/C7H12O5S/c1-3-6(8)12-7(2)4-11-13(9,10)5-7/h3-5H2,1-2H3. The first-order valence-electron chi connectivity index (χ1n) is 3.96. The van der Waals surface area contributed by atoms with Crippen LogP contribution in [0, 0.1) is 0 Å². The van der Waals surface area contributed by atoms with Gasteiger partial charge in [-0.2, -0.15) is 8.42 Å². The molecule has 0 radical (unpaired) electrons. The molecule has 0 aromatic rings. The Bertz CT molecular complexity index is 307. The van der Waals surface area contributed by atoms with Gasteiger partial charge in [-0.25, -0.2) is 0 Å². The van der Waals surface area contributed by atoms with E-state index in [2.05, 4.69) is 4.18 Å². The molecule has 0 bridgehead atoms. The molecule has 0 aliphatic carbocycles. The molecular weight excluding hydrogens is 196 g/mol. The van der Waals surface area contributed by atoms with Gasteiger partial charge in [0.1, 0.15) is 12.4 Å². The van der Waals surface area contributed by atoms with E-state index < -0.39 is 21.7 Å². The van der Waals surface area contributed by atoms with Crippen molar-refractivity contribution >= 4 is 16.1 Å². The molecule has 0 N–H and O–H groups in total. The Kier molecular flexibility index (Phi) is 2.63. The maximum absolute atomic E-state index is 10.9. The van der Waals surface area contributed by atoms with Crippen molar-refractivity contribution < 1.29 is 22.1 Å². The third-order valence-electron chi connectivity index (χ3n) is 1.67. The predicted octanol–water partition coefficient (Wildman–Crippen LogP) is 0.0583. The lowest BCUT2D eigenvalue weighted by molar-refractivity contribution is -0.156. The molecule has 1 atom stereocenters. The Hall–Kier alpha value is -0.620. The Morgan fingerprint density at radius 2 is 2.23 bits per heavy atom. The van der Waals surface area contributed by atoms with Crippen LogP contribution in [0.4, 0.5) is 0 Å². The average molecular weight is 208 g/mol. The number of carbonyl (C=O) groups excluding carboxylic acids is 1. The van der Waals surface area contributed by atoms with Crippen molar-refractivity contribution in [3.8, 4) is 0 Å². The summed E-state index contributed by atoms with van der Waals surface area (Å²) in [7, 11) is -3.48. The Morgan fingerprint density at radius 1 is 1.62 bits per heavy atom. The summed E-state index contributed by atoms with van der Waals surface area (Å²) in [6.45, 7) is 3.11. The molecule has 0 amide bonds. The third-order valence-corrected chi connectivity index (χ3v) is 3.12. The van der Waals surface area contributed by atoms with E-state index in [1.165, 1.54) is 0 Å². The van der Waals surface area contributed by atoms with Gasteiger partial charge in [-0.1, -0.05) is 6.92 Å². The molecular formula is C7H12O5S. The van der Waals surface area contributed by atoms with E-state index in [-0.39, 0.29) is 18.8 Å². The van der Waals surface area contributed by atoms with Gasteiger partial charge in [-0.05, 0) is 6.92 Å². The highest BCUT2D eigenvalue weighted by atomic mass is 32.2. The van der Waals surface area contributed by atoms with Crippen LogP contribution in [0.25, 0.3) is 0 Å². The molecule has 0 aromatic carbocycles. The Labute approximate surface area is 77.1 Å². The zero-order valence-corrected chi connectivity index (χ0v) is 8.39. The maximum Gasteiger partial charge on any atom is 0.306 e. The molecule has 0 spiro atoms. The third kappa shape index (κ3) is 2.67. The van der Waals surface area contributed by atoms with Gasteiger partial charge in [0.25, 0.3) is 10.1 Å². The van der Waals surface area contributed by atoms with Crippen molar-refractivity contribution in [3.63, 3.8) is 0 Å². The zero-order valence-electron chi connectivity index (χ0n) is 7.57. The lowest BCUT2D eigenvalue weighted by Crippen LogP contribution is -2.35. The van der Waals surface area contributed by atoms with Crippen LogP contribution in [0.15, 0.2) is 0 Å². The fourth-order valence-corrected chi connectivity index (χ4v) is 2.48. The largest absolute Gasteiger partial charge is 0.456 e. The van der Waals surface area contributed by atoms with Gasteiger partial charge in [0.05, 0.1) is 0 Å². The zero-order chi connectivity index (χ0) is 10.1. The van der Waals surface area contributed by atoms with Crippen LogP contribution in [-0.4, -0.2) is 32.3 Å². The summed E-state index contributed by atoms with van der Waals surface area (Å²) in [5.74, 6) is -0.672. The second-order valence-corrected chi connectivity index (χ2v) is 4.88. The summed E-state index contributed by atoms with van der Waals surface area (Å²) in [5, 5.41) is 0. The fraction of sp³-hybridized carbons (Fsp3) is 0.857. The van der Waals surface area contributed by atoms with Gasteiger partial charge in [0.2, 0.25) is 0 Å². The molecule has 1 aliphatic heterocycles. The summed E-state index contributed by atoms with van der Waals surface area (Å²) >= 11 is 0. The Morgan fingerprint density at radius 3 is 2.62 bits per heavy atom. The van der Waals surface area contributed by atoms with Gasteiger partial charge in [-0.15, -0.1) is 0 Å². The van der Waals surface area contributed by atoms with Crippen molar-refractivity contribution in [1.82, 2.24) is 0 Å². The predicted molar refractivity (Wildman–Crippen MR) is 44.5 cm³/mol. The van der Waals surface area contributed by atoms with Crippen LogP contribution in [-0.2, 0) is 23.8 Å². The van der Waals surface area contributed by atoms with Crippen molar-refractivity contribution in [2.75, 3.05) is 12.4 Å². The summed E-state index contributed by atoms with van der Waals surface area (Å²) < 4.78 is 31.2. The monoisotopic (exact) mass is 208 g/mol. The van der Waals surface area contributed by atoms with Gasteiger partial charge in [0, 0.05) is 6.42 Å². The van der Waals surface area contributed by atoms with Crippen molar-refractivity contribution in [3.05, 3.63) is 0 Å². The topological polar surface area (TPSA) is 69.7 Å². The van der Waals surface area contributed by atoms with Crippen molar-refractivity contribution in [2.24, 2.45) is 0 Å². The highest BCUT2D eigenvalue weighted by Gasteiger charge is 2.42. The first-order chi connectivity index (χ1) is 5.87.